The third kappa shape index (κ3) is 44.0. The predicted molar refractivity (Wildman–Crippen MR) is 142 cm³/mol. The molecule has 0 aromatic heterocycles. The molecule has 190 valence electrons. The Labute approximate surface area is 197 Å². The van der Waals surface area contributed by atoms with Crippen molar-refractivity contribution in [2.75, 3.05) is 13.2 Å². The van der Waals surface area contributed by atoms with E-state index < -0.39 is 0 Å². The van der Waals surface area contributed by atoms with Crippen molar-refractivity contribution in [3.8, 4) is 0 Å². The third-order valence-corrected chi connectivity index (χ3v) is 4.50. The highest BCUT2D eigenvalue weighted by Gasteiger charge is 2.16. The SMILES string of the molecule is C=CC.C=CC.CCCCCC(CCCC)OC(CCCC)CCCCC.OCCO. The van der Waals surface area contributed by atoms with Gasteiger partial charge in [-0.3, -0.25) is 0 Å². The summed E-state index contributed by atoms with van der Waals surface area (Å²) in [6.07, 6.45) is 23.0. The summed E-state index contributed by atoms with van der Waals surface area (Å²) in [7, 11) is 0. The number of rotatable bonds is 17. The van der Waals surface area contributed by atoms with Crippen LogP contribution >= 0.6 is 0 Å². The van der Waals surface area contributed by atoms with Crippen LogP contribution in [0, 0.1) is 0 Å². The molecule has 3 nitrogen and oxygen atoms in total. The van der Waals surface area contributed by atoms with E-state index in [1.165, 1.54) is 89.9 Å². The first-order valence-electron chi connectivity index (χ1n) is 13.0. The Morgan fingerprint density at radius 3 is 1.06 bits per heavy atom. The van der Waals surface area contributed by atoms with Gasteiger partial charge in [-0.15, -0.1) is 13.2 Å². The van der Waals surface area contributed by atoms with Crippen LogP contribution in [0.1, 0.15) is 131 Å². The molecule has 0 aromatic carbocycles. The lowest BCUT2D eigenvalue weighted by atomic mass is 10.0. The first-order valence-corrected chi connectivity index (χ1v) is 13.0. The van der Waals surface area contributed by atoms with Crippen LogP contribution in [-0.2, 0) is 4.74 Å². The molecule has 0 aromatic rings. The van der Waals surface area contributed by atoms with Gasteiger partial charge in [0.25, 0.3) is 0 Å². The smallest absolute Gasteiger partial charge is 0.0662 e. The zero-order valence-electron chi connectivity index (χ0n) is 22.3. The molecule has 0 amide bonds. The number of aliphatic hydroxyl groups is 2. The van der Waals surface area contributed by atoms with Gasteiger partial charge in [-0.1, -0.05) is 104 Å². The number of hydrogen-bond acceptors (Lipinski definition) is 3. The van der Waals surface area contributed by atoms with Crippen LogP contribution in [0.25, 0.3) is 0 Å². The van der Waals surface area contributed by atoms with Crippen LogP contribution in [-0.4, -0.2) is 35.6 Å². The van der Waals surface area contributed by atoms with E-state index in [-0.39, 0.29) is 13.2 Å². The number of unbranched alkanes of at least 4 members (excludes halogenated alkanes) is 6. The van der Waals surface area contributed by atoms with E-state index in [2.05, 4.69) is 40.9 Å². The van der Waals surface area contributed by atoms with Gasteiger partial charge in [0.2, 0.25) is 0 Å². The minimum absolute atomic E-state index is 0.125. The summed E-state index contributed by atoms with van der Waals surface area (Å²) >= 11 is 0. The quantitative estimate of drug-likeness (QED) is 0.174. The predicted octanol–water partition coefficient (Wildman–Crippen LogP) is 8.64. The van der Waals surface area contributed by atoms with Gasteiger partial charge in [0, 0.05) is 0 Å². The molecule has 2 N–H and O–H groups in total. The number of aliphatic hydroxyl groups excluding tert-OH is 2. The van der Waals surface area contributed by atoms with Gasteiger partial charge < -0.3 is 14.9 Å². The van der Waals surface area contributed by atoms with Crippen LogP contribution in [0.2, 0.25) is 0 Å². The summed E-state index contributed by atoms with van der Waals surface area (Å²) in [6, 6.07) is 0. The highest BCUT2D eigenvalue weighted by atomic mass is 16.5. The van der Waals surface area contributed by atoms with Crippen molar-refractivity contribution in [1.82, 2.24) is 0 Å². The molecule has 0 aliphatic heterocycles. The normalized spacial score (nSPS) is 11.5. The van der Waals surface area contributed by atoms with Crippen molar-refractivity contribution in [2.24, 2.45) is 0 Å². The maximum atomic E-state index is 7.62. The Balaban J connectivity index is -0.000000304. The molecular weight excluding hydrogens is 384 g/mol. The van der Waals surface area contributed by atoms with Crippen molar-refractivity contribution in [3.63, 3.8) is 0 Å². The van der Waals surface area contributed by atoms with Crippen LogP contribution in [0.15, 0.2) is 25.3 Å². The second-order valence-electron chi connectivity index (χ2n) is 7.92. The Morgan fingerprint density at radius 1 is 0.581 bits per heavy atom. The maximum absolute atomic E-state index is 7.62. The van der Waals surface area contributed by atoms with E-state index in [1.54, 1.807) is 12.2 Å². The molecule has 0 rings (SSSR count). The summed E-state index contributed by atoms with van der Waals surface area (Å²) in [5.41, 5.74) is 0. The van der Waals surface area contributed by atoms with Crippen LogP contribution in [0.3, 0.4) is 0 Å². The zero-order valence-corrected chi connectivity index (χ0v) is 22.3. The standard InChI is InChI=1S/C20H42O.2C3H6.C2H6O2/c1-5-9-13-17-19(15-11-7-3)21-20(16-12-8-4)18-14-10-6-2;2*1-3-2;3-1-2-4/h19-20H,5-18H2,1-4H3;2*3H,1H2,2H3;3-4H,1-2H2. The van der Waals surface area contributed by atoms with E-state index in [9.17, 15) is 0 Å². The molecule has 0 aliphatic carbocycles. The highest BCUT2D eigenvalue weighted by Crippen LogP contribution is 2.21. The molecule has 3 heteroatoms. The lowest BCUT2D eigenvalue weighted by Crippen LogP contribution is -2.22. The summed E-state index contributed by atoms with van der Waals surface area (Å²) in [6.45, 7) is 19.4. The fourth-order valence-corrected chi connectivity index (χ4v) is 2.94. The molecule has 0 bridgehead atoms. The summed E-state index contributed by atoms with van der Waals surface area (Å²) in [4.78, 5) is 0. The second kappa shape index (κ2) is 39.8. The summed E-state index contributed by atoms with van der Waals surface area (Å²) < 4.78 is 6.55. The molecule has 0 saturated heterocycles. The number of ether oxygens (including phenoxy) is 1. The van der Waals surface area contributed by atoms with Crippen LogP contribution < -0.4 is 0 Å². The van der Waals surface area contributed by atoms with Gasteiger partial charge in [-0.25, -0.2) is 0 Å². The minimum Gasteiger partial charge on any atom is -0.394 e. The molecule has 0 spiro atoms. The largest absolute Gasteiger partial charge is 0.394 e. The average Bonchev–Trinajstić information content (AvgIpc) is 2.77. The van der Waals surface area contributed by atoms with Gasteiger partial charge in [0.05, 0.1) is 25.4 Å². The zero-order chi connectivity index (χ0) is 24.6. The summed E-state index contributed by atoms with van der Waals surface area (Å²) in [5, 5.41) is 15.2. The lowest BCUT2D eigenvalue weighted by Gasteiger charge is -2.25. The molecule has 31 heavy (non-hydrogen) atoms. The molecule has 0 heterocycles. The summed E-state index contributed by atoms with van der Waals surface area (Å²) in [5.74, 6) is 0. The first-order chi connectivity index (χ1) is 15.0. The first kappa shape index (κ1) is 37.7. The fourth-order valence-electron chi connectivity index (χ4n) is 2.94. The van der Waals surface area contributed by atoms with E-state index >= 15 is 0 Å². The molecule has 0 saturated carbocycles. The van der Waals surface area contributed by atoms with Gasteiger partial charge in [0.15, 0.2) is 0 Å². The third-order valence-electron chi connectivity index (χ3n) is 4.50. The number of hydrogen-bond donors (Lipinski definition) is 2. The minimum atomic E-state index is -0.125. The monoisotopic (exact) mass is 444 g/mol. The molecule has 2 unspecified atom stereocenters. The molecule has 0 fully saturated rings. The Bertz CT molecular complexity index is 264. The molecular formula is C28H60O3. The van der Waals surface area contributed by atoms with Crippen molar-refractivity contribution >= 4 is 0 Å². The van der Waals surface area contributed by atoms with E-state index in [0.717, 1.165) is 0 Å². The Kier molecular flexibility index (Phi) is 48.3. The Hall–Kier alpha value is -0.640. The van der Waals surface area contributed by atoms with E-state index in [4.69, 9.17) is 14.9 Å². The van der Waals surface area contributed by atoms with Gasteiger partial charge in [-0.05, 0) is 39.5 Å². The topological polar surface area (TPSA) is 49.7 Å². The number of allylic oxidation sites excluding steroid dienone is 2. The highest BCUT2D eigenvalue weighted by molar-refractivity contribution is 4.66. The molecule has 0 aliphatic rings. The van der Waals surface area contributed by atoms with Crippen LogP contribution in [0.4, 0.5) is 0 Å². The molecule has 0 radical (unpaired) electrons. The van der Waals surface area contributed by atoms with Crippen molar-refractivity contribution in [3.05, 3.63) is 25.3 Å². The lowest BCUT2D eigenvalue weighted by molar-refractivity contribution is -0.0320. The van der Waals surface area contributed by atoms with Gasteiger partial charge in [-0.2, -0.15) is 0 Å². The fraction of sp³-hybridized carbons (Fsp3) is 0.857. The Morgan fingerprint density at radius 2 is 0.839 bits per heavy atom. The maximum Gasteiger partial charge on any atom is 0.0662 e. The second-order valence-corrected chi connectivity index (χ2v) is 7.92. The molecule has 2 atom stereocenters. The van der Waals surface area contributed by atoms with Gasteiger partial charge >= 0.3 is 0 Å². The van der Waals surface area contributed by atoms with Gasteiger partial charge in [0.1, 0.15) is 0 Å². The average molecular weight is 445 g/mol. The van der Waals surface area contributed by atoms with Crippen molar-refractivity contribution < 1.29 is 14.9 Å². The van der Waals surface area contributed by atoms with Crippen LogP contribution in [0.5, 0.6) is 0 Å². The van der Waals surface area contributed by atoms with E-state index in [0.29, 0.717) is 12.2 Å². The van der Waals surface area contributed by atoms with Crippen molar-refractivity contribution in [1.29, 1.82) is 0 Å². The van der Waals surface area contributed by atoms with E-state index in [1.807, 2.05) is 13.8 Å². The van der Waals surface area contributed by atoms with Crippen molar-refractivity contribution in [2.45, 2.75) is 144 Å².